The van der Waals surface area contributed by atoms with E-state index in [1.807, 2.05) is 29.2 Å². The maximum atomic E-state index is 12.8. The van der Waals surface area contributed by atoms with Crippen molar-refractivity contribution in [3.05, 3.63) is 65.6 Å². The molecule has 1 atom stereocenters. The van der Waals surface area contributed by atoms with E-state index in [0.29, 0.717) is 24.6 Å². The van der Waals surface area contributed by atoms with Crippen molar-refractivity contribution in [1.82, 2.24) is 19.7 Å². The molecule has 0 spiro atoms. The van der Waals surface area contributed by atoms with Crippen molar-refractivity contribution >= 4 is 5.91 Å². The molecule has 1 saturated heterocycles. The van der Waals surface area contributed by atoms with Crippen LogP contribution in [0.2, 0.25) is 0 Å². The summed E-state index contributed by atoms with van der Waals surface area (Å²) in [5.41, 5.74) is 1.71. The van der Waals surface area contributed by atoms with Crippen LogP contribution < -0.4 is 4.74 Å². The van der Waals surface area contributed by atoms with Gasteiger partial charge < -0.3 is 14.1 Å². The zero-order chi connectivity index (χ0) is 19.5. The number of oxazole rings is 1. The van der Waals surface area contributed by atoms with Crippen molar-refractivity contribution in [2.75, 3.05) is 20.2 Å². The average Bonchev–Trinajstić information content (AvgIpc) is 3.37. The van der Waals surface area contributed by atoms with Crippen molar-refractivity contribution in [2.45, 2.75) is 25.2 Å². The minimum atomic E-state index is 0.00728. The lowest BCUT2D eigenvalue weighted by atomic mass is 9.97. The molecule has 1 aliphatic rings. The number of hydrogen-bond acceptors (Lipinski definition) is 5. The summed E-state index contributed by atoms with van der Waals surface area (Å²) >= 11 is 0. The minimum absolute atomic E-state index is 0.00728. The molecule has 0 bridgehead atoms. The summed E-state index contributed by atoms with van der Waals surface area (Å²) in [5, 5.41) is 4.09. The van der Waals surface area contributed by atoms with Gasteiger partial charge in [0.15, 0.2) is 5.89 Å². The normalized spacial score (nSPS) is 16.9. The van der Waals surface area contributed by atoms with Crippen LogP contribution >= 0.6 is 0 Å². The third-order valence-electron chi connectivity index (χ3n) is 5.18. The monoisotopic (exact) mass is 380 g/mol. The van der Waals surface area contributed by atoms with Crippen molar-refractivity contribution in [2.24, 2.45) is 7.05 Å². The van der Waals surface area contributed by atoms with Gasteiger partial charge in [-0.15, -0.1) is 0 Å². The Morgan fingerprint density at radius 1 is 1.36 bits per heavy atom. The highest BCUT2D eigenvalue weighted by Crippen LogP contribution is 2.28. The smallest absolute Gasteiger partial charge is 0.272 e. The molecule has 3 heterocycles. The molecule has 28 heavy (non-hydrogen) atoms. The molecular weight excluding hydrogens is 356 g/mol. The number of carbonyl (C=O) groups excluding carboxylic acids is 1. The van der Waals surface area contributed by atoms with Gasteiger partial charge in [0.2, 0.25) is 0 Å². The average molecular weight is 380 g/mol. The Hall–Kier alpha value is -3.09. The lowest BCUT2D eigenvalue weighted by Gasteiger charge is -2.31. The fourth-order valence-corrected chi connectivity index (χ4v) is 3.69. The number of hydrogen-bond donors (Lipinski definition) is 0. The third-order valence-corrected chi connectivity index (χ3v) is 5.18. The van der Waals surface area contributed by atoms with Crippen LogP contribution in [0.15, 0.2) is 47.1 Å². The summed E-state index contributed by atoms with van der Waals surface area (Å²) in [4.78, 5) is 19.1. The Labute approximate surface area is 163 Å². The number of aromatic nitrogens is 3. The molecule has 1 aliphatic heterocycles. The molecule has 0 saturated carbocycles. The quantitative estimate of drug-likeness (QED) is 0.680. The van der Waals surface area contributed by atoms with Crippen molar-refractivity contribution in [3.8, 4) is 5.75 Å². The Morgan fingerprint density at radius 3 is 3.04 bits per heavy atom. The molecule has 7 nitrogen and oxygen atoms in total. The van der Waals surface area contributed by atoms with Gasteiger partial charge in [-0.05, 0) is 36.6 Å². The largest absolute Gasteiger partial charge is 0.497 e. The van der Waals surface area contributed by atoms with Crippen molar-refractivity contribution in [1.29, 1.82) is 0 Å². The third kappa shape index (κ3) is 3.78. The number of carbonyl (C=O) groups is 1. The second-order valence-electron chi connectivity index (χ2n) is 7.12. The second-order valence-corrected chi connectivity index (χ2v) is 7.12. The van der Waals surface area contributed by atoms with Crippen LogP contribution in [0.5, 0.6) is 5.75 Å². The van der Waals surface area contributed by atoms with Crippen molar-refractivity contribution < 1.29 is 13.9 Å². The van der Waals surface area contributed by atoms with Gasteiger partial charge in [-0.3, -0.25) is 9.48 Å². The van der Waals surface area contributed by atoms with Gasteiger partial charge in [0.25, 0.3) is 5.91 Å². The molecule has 0 N–H and O–H groups in total. The number of nitrogens with zero attached hydrogens (tertiary/aromatic N) is 4. The molecule has 0 radical (unpaired) electrons. The van der Waals surface area contributed by atoms with E-state index < -0.39 is 0 Å². The molecule has 7 heteroatoms. The van der Waals surface area contributed by atoms with Crippen LogP contribution in [0.3, 0.4) is 0 Å². The molecular formula is C21H24N4O3. The SMILES string of the molecule is COc1cccc(Cc2cnc([C@H]3CCCN(C(=O)c4ccnn4C)C3)o2)c1. The van der Waals surface area contributed by atoms with Gasteiger partial charge in [-0.25, -0.2) is 4.98 Å². The number of benzene rings is 1. The number of piperidine rings is 1. The van der Waals surface area contributed by atoms with E-state index in [9.17, 15) is 4.79 Å². The summed E-state index contributed by atoms with van der Waals surface area (Å²) in [6, 6.07) is 9.68. The van der Waals surface area contributed by atoms with Crippen LogP contribution in [0.25, 0.3) is 0 Å². The Kier molecular flexibility index (Phi) is 5.14. The summed E-state index contributed by atoms with van der Waals surface area (Å²) in [6.07, 6.45) is 6.00. The predicted octanol–water partition coefficient (Wildman–Crippen LogP) is 3.03. The highest BCUT2D eigenvalue weighted by molar-refractivity contribution is 5.92. The molecule has 1 aromatic carbocycles. The van der Waals surface area contributed by atoms with E-state index in [1.54, 1.807) is 37.3 Å². The number of amides is 1. The van der Waals surface area contributed by atoms with Gasteiger partial charge in [-0.1, -0.05) is 12.1 Å². The summed E-state index contributed by atoms with van der Waals surface area (Å²) in [6.45, 7) is 1.36. The molecule has 2 aromatic heterocycles. The maximum Gasteiger partial charge on any atom is 0.272 e. The second kappa shape index (κ2) is 7.88. The van der Waals surface area contributed by atoms with Gasteiger partial charge in [0.1, 0.15) is 17.2 Å². The molecule has 4 rings (SSSR count). The first kappa shape index (κ1) is 18.3. The van der Waals surface area contributed by atoms with Crippen LogP contribution in [0, 0.1) is 0 Å². The van der Waals surface area contributed by atoms with Crippen LogP contribution in [-0.2, 0) is 13.5 Å². The van der Waals surface area contributed by atoms with E-state index in [-0.39, 0.29) is 11.8 Å². The van der Waals surface area contributed by atoms with Gasteiger partial charge in [0, 0.05) is 32.8 Å². The first-order valence-corrected chi connectivity index (χ1v) is 9.49. The number of likely N-dealkylation sites (tertiary alicyclic amines) is 1. The van der Waals surface area contributed by atoms with E-state index in [4.69, 9.17) is 9.15 Å². The Balaban J connectivity index is 1.44. The fourth-order valence-electron chi connectivity index (χ4n) is 3.69. The number of rotatable bonds is 5. The van der Waals surface area contributed by atoms with E-state index >= 15 is 0 Å². The highest BCUT2D eigenvalue weighted by Gasteiger charge is 2.29. The van der Waals surface area contributed by atoms with E-state index in [2.05, 4.69) is 10.1 Å². The topological polar surface area (TPSA) is 73.4 Å². The predicted molar refractivity (Wildman–Crippen MR) is 103 cm³/mol. The fraction of sp³-hybridized carbons (Fsp3) is 0.381. The maximum absolute atomic E-state index is 12.8. The highest BCUT2D eigenvalue weighted by atomic mass is 16.5. The number of methoxy groups -OCH3 is 1. The number of aryl methyl sites for hydroxylation is 1. The summed E-state index contributed by atoms with van der Waals surface area (Å²) in [5.74, 6) is 2.48. The first-order valence-electron chi connectivity index (χ1n) is 9.49. The summed E-state index contributed by atoms with van der Waals surface area (Å²) in [7, 11) is 3.45. The molecule has 1 amide bonds. The number of ether oxygens (including phenoxy) is 1. The zero-order valence-electron chi connectivity index (χ0n) is 16.2. The molecule has 0 aliphatic carbocycles. The van der Waals surface area contributed by atoms with E-state index in [1.165, 1.54) is 0 Å². The lowest BCUT2D eigenvalue weighted by Crippen LogP contribution is -2.40. The van der Waals surface area contributed by atoms with Crippen LogP contribution in [0.1, 0.15) is 46.5 Å². The van der Waals surface area contributed by atoms with E-state index in [0.717, 1.165) is 36.5 Å². The molecule has 3 aromatic rings. The summed E-state index contributed by atoms with van der Waals surface area (Å²) < 4.78 is 12.9. The Morgan fingerprint density at radius 2 is 2.25 bits per heavy atom. The van der Waals surface area contributed by atoms with Crippen LogP contribution in [-0.4, -0.2) is 45.8 Å². The standard InChI is InChI=1S/C21H24N4O3/c1-24-19(8-9-23-24)21(26)25-10-4-6-16(14-25)20-22-13-18(28-20)12-15-5-3-7-17(11-15)27-2/h3,5,7-9,11,13,16H,4,6,10,12,14H2,1-2H3/t16-/m0/s1. The first-order chi connectivity index (χ1) is 13.6. The molecule has 146 valence electrons. The molecule has 0 unspecified atom stereocenters. The minimum Gasteiger partial charge on any atom is -0.497 e. The van der Waals surface area contributed by atoms with Gasteiger partial charge in [-0.2, -0.15) is 5.10 Å². The van der Waals surface area contributed by atoms with Gasteiger partial charge in [0.05, 0.1) is 19.2 Å². The zero-order valence-corrected chi connectivity index (χ0v) is 16.2. The molecule has 1 fully saturated rings. The van der Waals surface area contributed by atoms with Gasteiger partial charge >= 0.3 is 0 Å². The van der Waals surface area contributed by atoms with Crippen LogP contribution in [0.4, 0.5) is 0 Å². The van der Waals surface area contributed by atoms with Crippen molar-refractivity contribution in [3.63, 3.8) is 0 Å². The lowest BCUT2D eigenvalue weighted by molar-refractivity contribution is 0.0686. The Bertz CT molecular complexity index is 962.